The van der Waals surface area contributed by atoms with Gasteiger partial charge in [0.1, 0.15) is 29.2 Å². The largest absolute Gasteiger partial charge is 0.496 e. The molecule has 10 nitrogen and oxygen atoms in total. The molecule has 0 bridgehead atoms. The molecule has 0 saturated carbocycles. The highest BCUT2D eigenvalue weighted by Gasteiger charge is 2.29. The quantitative estimate of drug-likeness (QED) is 0.491. The summed E-state index contributed by atoms with van der Waals surface area (Å²) in [5.74, 6) is 2.07. The van der Waals surface area contributed by atoms with Crippen molar-refractivity contribution in [3.05, 3.63) is 52.8 Å². The van der Waals surface area contributed by atoms with Crippen molar-refractivity contribution in [2.24, 2.45) is 5.92 Å². The molecule has 38 heavy (non-hydrogen) atoms. The van der Waals surface area contributed by atoms with E-state index in [4.69, 9.17) is 4.74 Å². The summed E-state index contributed by atoms with van der Waals surface area (Å²) in [7, 11) is 1.53. The van der Waals surface area contributed by atoms with Crippen LogP contribution in [-0.4, -0.2) is 61.3 Å². The number of aliphatic hydroxyl groups excluding tert-OH is 1. The SMILES string of the molecule is COc1cc2c(cc1C(=O)Nc1cccc(-c3nnc4n3[C@@H](C)CC4)n1)CN(C(=O)[C@@H](O)CC(C)C)CC2. The Morgan fingerprint density at radius 2 is 2.00 bits per heavy atom. The third-order valence-corrected chi connectivity index (χ3v) is 7.28. The fourth-order valence-corrected chi connectivity index (χ4v) is 5.29. The zero-order valence-corrected chi connectivity index (χ0v) is 22.3. The van der Waals surface area contributed by atoms with Crippen LogP contribution in [0.1, 0.15) is 67.0 Å². The molecule has 2 aliphatic heterocycles. The molecule has 0 radical (unpaired) electrons. The summed E-state index contributed by atoms with van der Waals surface area (Å²) < 4.78 is 7.65. The van der Waals surface area contributed by atoms with E-state index in [2.05, 4.69) is 32.0 Å². The first-order valence-corrected chi connectivity index (χ1v) is 13.1. The maximum Gasteiger partial charge on any atom is 0.260 e. The summed E-state index contributed by atoms with van der Waals surface area (Å²) in [5, 5.41) is 21.9. The molecule has 1 aromatic carbocycles. The summed E-state index contributed by atoms with van der Waals surface area (Å²) in [5.41, 5.74) is 2.88. The summed E-state index contributed by atoms with van der Waals surface area (Å²) in [4.78, 5) is 32.5. The number of anilines is 1. The molecule has 10 heteroatoms. The molecule has 2 aromatic heterocycles. The van der Waals surface area contributed by atoms with Crippen LogP contribution in [0.2, 0.25) is 0 Å². The zero-order chi connectivity index (χ0) is 27.0. The normalized spacial score (nSPS) is 17.2. The fourth-order valence-electron chi connectivity index (χ4n) is 5.29. The number of nitrogens with one attached hydrogen (secondary N) is 1. The molecular weight excluding hydrogens is 484 g/mol. The van der Waals surface area contributed by atoms with Crippen LogP contribution in [-0.2, 0) is 24.2 Å². The third kappa shape index (κ3) is 5.00. The molecule has 2 amide bonds. The lowest BCUT2D eigenvalue weighted by atomic mass is 9.95. The fraction of sp³-hybridized carbons (Fsp3) is 0.464. The Morgan fingerprint density at radius 3 is 2.76 bits per heavy atom. The number of rotatable bonds is 7. The lowest BCUT2D eigenvalue weighted by Crippen LogP contribution is -2.42. The van der Waals surface area contributed by atoms with Gasteiger partial charge in [-0.25, -0.2) is 4.98 Å². The topological polar surface area (TPSA) is 122 Å². The van der Waals surface area contributed by atoms with Crippen molar-refractivity contribution in [2.45, 2.75) is 65.1 Å². The van der Waals surface area contributed by atoms with Gasteiger partial charge in [0.25, 0.3) is 11.8 Å². The smallest absolute Gasteiger partial charge is 0.260 e. The first kappa shape index (κ1) is 25.8. The van der Waals surface area contributed by atoms with E-state index in [1.165, 1.54) is 7.11 Å². The minimum atomic E-state index is -1.02. The van der Waals surface area contributed by atoms with Crippen LogP contribution < -0.4 is 10.1 Å². The van der Waals surface area contributed by atoms with Gasteiger partial charge in [-0.05, 0) is 67.5 Å². The number of aryl methyl sites for hydroxylation is 1. The van der Waals surface area contributed by atoms with Crippen LogP contribution in [0.25, 0.3) is 11.5 Å². The number of pyridine rings is 1. The number of aromatic nitrogens is 4. The Bertz CT molecular complexity index is 1370. The zero-order valence-electron chi connectivity index (χ0n) is 22.3. The maximum atomic E-state index is 13.4. The van der Waals surface area contributed by atoms with E-state index in [-0.39, 0.29) is 17.7 Å². The number of benzene rings is 1. The Labute approximate surface area is 222 Å². The standard InChI is InChI=1S/C28H34N6O4/c1-16(2)12-22(35)28(37)33-11-10-18-14-23(38-4)20(13-19(18)15-33)27(36)30-24-7-5-6-21(29-24)26-32-31-25-9-8-17(3)34(25)26/h5-7,13-14,16-17,22,35H,8-12,15H2,1-4H3,(H,29,30,36)/t17-,22-/m0/s1. The molecule has 0 fully saturated rings. The van der Waals surface area contributed by atoms with Crippen molar-refractivity contribution >= 4 is 17.6 Å². The van der Waals surface area contributed by atoms with Crippen LogP contribution in [0.15, 0.2) is 30.3 Å². The van der Waals surface area contributed by atoms with Crippen LogP contribution in [0.3, 0.4) is 0 Å². The molecule has 200 valence electrons. The number of aliphatic hydroxyl groups is 1. The van der Waals surface area contributed by atoms with Gasteiger partial charge in [-0.3, -0.25) is 9.59 Å². The van der Waals surface area contributed by atoms with Crippen molar-refractivity contribution in [3.8, 4) is 17.3 Å². The predicted molar refractivity (Wildman–Crippen MR) is 142 cm³/mol. The summed E-state index contributed by atoms with van der Waals surface area (Å²) in [6, 6.07) is 9.35. The first-order valence-electron chi connectivity index (χ1n) is 13.1. The van der Waals surface area contributed by atoms with E-state index in [0.29, 0.717) is 60.6 Å². The number of carbonyl (C=O) groups is 2. The van der Waals surface area contributed by atoms with Crippen LogP contribution >= 0.6 is 0 Å². The second-order valence-electron chi connectivity index (χ2n) is 10.5. The van der Waals surface area contributed by atoms with Gasteiger partial charge in [0.15, 0.2) is 5.82 Å². The highest BCUT2D eigenvalue weighted by molar-refractivity contribution is 6.06. The number of hydrogen-bond donors (Lipinski definition) is 2. The molecule has 3 aromatic rings. The second kappa shape index (κ2) is 10.5. The van der Waals surface area contributed by atoms with E-state index in [9.17, 15) is 14.7 Å². The van der Waals surface area contributed by atoms with Gasteiger partial charge < -0.3 is 24.6 Å². The number of hydrogen-bond acceptors (Lipinski definition) is 7. The van der Waals surface area contributed by atoms with Crippen molar-refractivity contribution in [1.29, 1.82) is 0 Å². The maximum absolute atomic E-state index is 13.4. The van der Waals surface area contributed by atoms with Gasteiger partial charge >= 0.3 is 0 Å². The third-order valence-electron chi connectivity index (χ3n) is 7.28. The molecule has 4 heterocycles. The van der Waals surface area contributed by atoms with E-state index >= 15 is 0 Å². The predicted octanol–water partition coefficient (Wildman–Crippen LogP) is 3.40. The van der Waals surface area contributed by atoms with Crippen molar-refractivity contribution in [1.82, 2.24) is 24.6 Å². The summed E-state index contributed by atoms with van der Waals surface area (Å²) in [6.45, 7) is 6.93. The number of ether oxygens (including phenoxy) is 1. The summed E-state index contributed by atoms with van der Waals surface area (Å²) >= 11 is 0. The van der Waals surface area contributed by atoms with Crippen LogP contribution in [0.4, 0.5) is 5.82 Å². The molecule has 0 unspecified atom stereocenters. The second-order valence-corrected chi connectivity index (χ2v) is 10.5. The average Bonchev–Trinajstić information content (AvgIpc) is 3.49. The molecule has 2 aliphatic rings. The minimum absolute atomic E-state index is 0.215. The average molecular weight is 519 g/mol. The highest BCUT2D eigenvalue weighted by Crippen LogP contribution is 2.31. The van der Waals surface area contributed by atoms with Crippen molar-refractivity contribution < 1.29 is 19.4 Å². The van der Waals surface area contributed by atoms with Gasteiger partial charge in [-0.2, -0.15) is 0 Å². The lowest BCUT2D eigenvalue weighted by Gasteiger charge is -2.31. The number of amides is 2. The number of nitrogens with zero attached hydrogens (tertiary/aromatic N) is 5. The molecule has 0 spiro atoms. The van der Waals surface area contributed by atoms with E-state index in [1.54, 1.807) is 17.0 Å². The molecule has 5 rings (SSSR count). The van der Waals surface area contributed by atoms with Gasteiger partial charge in [0.2, 0.25) is 0 Å². The lowest BCUT2D eigenvalue weighted by molar-refractivity contribution is -0.141. The first-order chi connectivity index (χ1) is 18.2. The number of methoxy groups -OCH3 is 1. The Hall–Kier alpha value is -3.79. The van der Waals surface area contributed by atoms with E-state index in [0.717, 1.165) is 29.8 Å². The molecule has 0 saturated heterocycles. The molecule has 2 atom stereocenters. The molecule has 0 aliphatic carbocycles. The van der Waals surface area contributed by atoms with Gasteiger partial charge in [0.05, 0.1) is 12.7 Å². The number of fused-ring (bicyclic) bond motifs is 2. The highest BCUT2D eigenvalue weighted by atomic mass is 16.5. The van der Waals surface area contributed by atoms with Gasteiger partial charge in [0, 0.05) is 25.6 Å². The summed E-state index contributed by atoms with van der Waals surface area (Å²) in [6.07, 6.45) is 1.93. The van der Waals surface area contributed by atoms with Crippen molar-refractivity contribution in [2.75, 3.05) is 19.0 Å². The molecular formula is C28H34N6O4. The Balaban J connectivity index is 1.36. The molecule has 2 N–H and O–H groups in total. The Kier molecular flexibility index (Phi) is 7.16. The van der Waals surface area contributed by atoms with E-state index in [1.807, 2.05) is 32.0 Å². The van der Waals surface area contributed by atoms with E-state index < -0.39 is 6.10 Å². The number of carbonyl (C=O) groups excluding carboxylic acids is 2. The van der Waals surface area contributed by atoms with Crippen molar-refractivity contribution in [3.63, 3.8) is 0 Å². The Morgan fingerprint density at radius 1 is 1.18 bits per heavy atom. The minimum Gasteiger partial charge on any atom is -0.496 e. The van der Waals surface area contributed by atoms with Gasteiger partial charge in [-0.15, -0.1) is 10.2 Å². The van der Waals surface area contributed by atoms with Crippen LogP contribution in [0, 0.1) is 5.92 Å². The van der Waals surface area contributed by atoms with Gasteiger partial charge in [-0.1, -0.05) is 19.9 Å². The van der Waals surface area contributed by atoms with Crippen LogP contribution in [0.5, 0.6) is 5.75 Å². The monoisotopic (exact) mass is 518 g/mol.